The Labute approximate surface area is 107 Å². The lowest BCUT2D eigenvalue weighted by Crippen LogP contribution is -2.09. The first kappa shape index (κ1) is 10.9. The Bertz CT molecular complexity index is 361. The highest BCUT2D eigenvalue weighted by molar-refractivity contribution is 6.30. The number of fused-ring (bicyclic) bond motifs is 1. The van der Waals surface area contributed by atoms with E-state index < -0.39 is 0 Å². The molecule has 0 amide bonds. The molecule has 86 valence electrons. The lowest BCUT2D eigenvalue weighted by Gasteiger charge is -2.11. The first-order valence-electron chi connectivity index (χ1n) is 6.14. The highest BCUT2D eigenvalue weighted by Crippen LogP contribution is 2.60. The molecule has 0 radical (unpaired) electrons. The van der Waals surface area contributed by atoms with Crippen molar-refractivity contribution in [2.24, 2.45) is 17.8 Å². The summed E-state index contributed by atoms with van der Waals surface area (Å²) in [5, 5.41) is 1.13. The van der Waals surface area contributed by atoms with Crippen LogP contribution in [0.15, 0.2) is 24.3 Å². The van der Waals surface area contributed by atoms with E-state index >= 15 is 0 Å². The van der Waals surface area contributed by atoms with Gasteiger partial charge in [0.25, 0.3) is 0 Å². The van der Waals surface area contributed by atoms with E-state index in [1.54, 1.807) is 0 Å². The predicted octanol–water partition coefficient (Wildman–Crippen LogP) is 4.54. The third-order valence-corrected chi connectivity index (χ3v) is 4.93. The summed E-state index contributed by atoms with van der Waals surface area (Å²) < 4.78 is 0. The van der Waals surface area contributed by atoms with Crippen LogP contribution < -0.4 is 0 Å². The molecule has 0 aliphatic heterocycles. The minimum atomic E-state index is 0.330. The molecule has 0 N–H and O–H groups in total. The molecular formula is C14H16Cl2. The van der Waals surface area contributed by atoms with Crippen LogP contribution in [0.25, 0.3) is 0 Å². The van der Waals surface area contributed by atoms with E-state index in [1.165, 1.54) is 24.8 Å². The molecule has 3 rings (SSSR count). The standard InChI is InChI=1S/C14H16Cl2/c15-10-6-4-9(5-7-10)8-13(16)14-11-2-1-3-12(11)14/h4-7,11-14H,1-3,8H2. The van der Waals surface area contributed by atoms with Crippen molar-refractivity contribution in [1.29, 1.82) is 0 Å². The third kappa shape index (κ3) is 1.98. The van der Waals surface area contributed by atoms with Gasteiger partial charge in [-0.3, -0.25) is 0 Å². The van der Waals surface area contributed by atoms with E-state index in [0.717, 1.165) is 29.2 Å². The minimum absolute atomic E-state index is 0.330. The Morgan fingerprint density at radius 1 is 1.12 bits per heavy atom. The van der Waals surface area contributed by atoms with Crippen LogP contribution in [0.3, 0.4) is 0 Å². The Hall–Kier alpha value is -0.200. The van der Waals surface area contributed by atoms with Gasteiger partial charge < -0.3 is 0 Å². The SMILES string of the molecule is Clc1ccc(CC(Cl)C2C3CCCC32)cc1. The van der Waals surface area contributed by atoms with E-state index in [-0.39, 0.29) is 0 Å². The zero-order valence-electron chi connectivity index (χ0n) is 9.20. The summed E-state index contributed by atoms with van der Waals surface area (Å²) in [5.41, 5.74) is 1.31. The first-order chi connectivity index (χ1) is 7.75. The summed E-state index contributed by atoms with van der Waals surface area (Å²) in [6.45, 7) is 0. The molecule has 2 fully saturated rings. The monoisotopic (exact) mass is 254 g/mol. The molecule has 0 bridgehead atoms. The summed E-state index contributed by atoms with van der Waals surface area (Å²) in [6.07, 6.45) is 5.26. The van der Waals surface area contributed by atoms with Crippen LogP contribution in [-0.4, -0.2) is 5.38 Å². The van der Waals surface area contributed by atoms with Crippen molar-refractivity contribution in [2.75, 3.05) is 0 Å². The van der Waals surface area contributed by atoms with Crippen molar-refractivity contribution in [3.63, 3.8) is 0 Å². The lowest BCUT2D eigenvalue weighted by atomic mass is 10.0. The maximum atomic E-state index is 6.52. The highest BCUT2D eigenvalue weighted by Gasteiger charge is 2.55. The van der Waals surface area contributed by atoms with Crippen molar-refractivity contribution in [3.05, 3.63) is 34.9 Å². The van der Waals surface area contributed by atoms with Crippen LogP contribution in [0, 0.1) is 17.8 Å². The van der Waals surface area contributed by atoms with Gasteiger partial charge in [0, 0.05) is 10.4 Å². The Kier molecular flexibility index (Phi) is 2.89. The second-order valence-electron chi connectivity index (χ2n) is 5.18. The van der Waals surface area contributed by atoms with Gasteiger partial charge in [-0.15, -0.1) is 11.6 Å². The van der Waals surface area contributed by atoms with Crippen LogP contribution in [-0.2, 0) is 6.42 Å². The lowest BCUT2D eigenvalue weighted by molar-refractivity contribution is 0.559. The molecule has 2 aliphatic rings. The molecule has 0 heterocycles. The molecular weight excluding hydrogens is 239 g/mol. The minimum Gasteiger partial charge on any atom is -0.122 e. The third-order valence-electron chi connectivity index (χ3n) is 4.23. The summed E-state index contributed by atoms with van der Waals surface area (Å²) in [4.78, 5) is 0. The maximum absolute atomic E-state index is 6.52. The zero-order valence-corrected chi connectivity index (χ0v) is 10.7. The van der Waals surface area contributed by atoms with Gasteiger partial charge in [-0.05, 0) is 54.7 Å². The molecule has 3 atom stereocenters. The molecule has 2 saturated carbocycles. The molecule has 0 nitrogen and oxygen atoms in total. The number of hydrogen-bond acceptors (Lipinski definition) is 0. The summed E-state index contributed by atoms with van der Waals surface area (Å²) in [6, 6.07) is 8.09. The fourth-order valence-corrected chi connectivity index (χ4v) is 4.07. The molecule has 16 heavy (non-hydrogen) atoms. The second-order valence-corrected chi connectivity index (χ2v) is 6.18. The molecule has 0 saturated heterocycles. The van der Waals surface area contributed by atoms with Crippen LogP contribution in [0.4, 0.5) is 0 Å². The van der Waals surface area contributed by atoms with Crippen molar-refractivity contribution in [3.8, 4) is 0 Å². The topological polar surface area (TPSA) is 0 Å². The van der Waals surface area contributed by atoms with Gasteiger partial charge in [-0.1, -0.05) is 30.2 Å². The fourth-order valence-electron chi connectivity index (χ4n) is 3.40. The smallest absolute Gasteiger partial charge is 0.0410 e. The molecule has 2 aliphatic carbocycles. The van der Waals surface area contributed by atoms with Crippen LogP contribution in [0.5, 0.6) is 0 Å². The van der Waals surface area contributed by atoms with Crippen LogP contribution in [0.1, 0.15) is 24.8 Å². The summed E-state index contributed by atoms with van der Waals surface area (Å²) >= 11 is 12.4. The second kappa shape index (κ2) is 4.23. The number of hydrogen-bond donors (Lipinski definition) is 0. The summed E-state index contributed by atoms with van der Waals surface area (Å²) in [5.74, 6) is 2.70. The van der Waals surface area contributed by atoms with Gasteiger partial charge in [0.1, 0.15) is 0 Å². The zero-order chi connectivity index (χ0) is 11.1. The van der Waals surface area contributed by atoms with Crippen LogP contribution >= 0.6 is 23.2 Å². The quantitative estimate of drug-likeness (QED) is 0.696. The average Bonchev–Trinajstić information content (AvgIpc) is 2.76. The maximum Gasteiger partial charge on any atom is 0.0410 e. The van der Waals surface area contributed by atoms with Crippen molar-refractivity contribution >= 4 is 23.2 Å². The van der Waals surface area contributed by atoms with E-state index in [4.69, 9.17) is 23.2 Å². The highest BCUT2D eigenvalue weighted by atomic mass is 35.5. The molecule has 1 aromatic carbocycles. The van der Waals surface area contributed by atoms with Crippen molar-refractivity contribution in [1.82, 2.24) is 0 Å². The first-order valence-corrected chi connectivity index (χ1v) is 6.95. The number of halogens is 2. The molecule has 2 heteroatoms. The molecule has 0 spiro atoms. The Balaban J connectivity index is 1.60. The molecule has 3 unspecified atom stereocenters. The van der Waals surface area contributed by atoms with E-state index in [1.807, 2.05) is 12.1 Å². The van der Waals surface area contributed by atoms with Gasteiger partial charge in [0.2, 0.25) is 0 Å². The molecule has 0 aromatic heterocycles. The fraction of sp³-hybridized carbons (Fsp3) is 0.571. The predicted molar refractivity (Wildman–Crippen MR) is 69.1 cm³/mol. The van der Waals surface area contributed by atoms with Crippen LogP contribution in [0.2, 0.25) is 5.02 Å². The van der Waals surface area contributed by atoms with Gasteiger partial charge in [0.05, 0.1) is 0 Å². The van der Waals surface area contributed by atoms with E-state index in [9.17, 15) is 0 Å². The van der Waals surface area contributed by atoms with Gasteiger partial charge >= 0.3 is 0 Å². The van der Waals surface area contributed by atoms with Gasteiger partial charge in [0.15, 0.2) is 0 Å². The Morgan fingerprint density at radius 3 is 2.38 bits per heavy atom. The number of rotatable bonds is 3. The number of alkyl halides is 1. The number of benzene rings is 1. The van der Waals surface area contributed by atoms with Gasteiger partial charge in [-0.2, -0.15) is 0 Å². The average molecular weight is 255 g/mol. The van der Waals surface area contributed by atoms with E-state index in [2.05, 4.69) is 12.1 Å². The normalized spacial score (nSPS) is 33.5. The Morgan fingerprint density at radius 2 is 1.75 bits per heavy atom. The summed E-state index contributed by atoms with van der Waals surface area (Å²) in [7, 11) is 0. The molecule has 1 aromatic rings. The van der Waals surface area contributed by atoms with Gasteiger partial charge in [-0.25, -0.2) is 0 Å². The largest absolute Gasteiger partial charge is 0.122 e. The van der Waals surface area contributed by atoms with Crippen molar-refractivity contribution < 1.29 is 0 Å². The van der Waals surface area contributed by atoms with E-state index in [0.29, 0.717) is 5.38 Å². The van der Waals surface area contributed by atoms with Crippen molar-refractivity contribution in [2.45, 2.75) is 31.1 Å².